The summed E-state index contributed by atoms with van der Waals surface area (Å²) in [5, 5.41) is 11.2. The molecule has 0 aliphatic rings. The molecule has 0 saturated heterocycles. The second-order valence-electron chi connectivity index (χ2n) is 7.48. The lowest BCUT2D eigenvalue weighted by molar-refractivity contribution is 0.415. The Hall–Kier alpha value is -3.51. The Balaban J connectivity index is 1.80. The topological polar surface area (TPSA) is 55.7 Å². The van der Waals surface area contributed by atoms with E-state index in [9.17, 15) is 0 Å². The predicted molar refractivity (Wildman–Crippen MR) is 132 cm³/mol. The number of hydrogen-bond donors (Lipinski definition) is 1. The van der Waals surface area contributed by atoms with E-state index in [0.29, 0.717) is 0 Å². The van der Waals surface area contributed by atoms with Crippen LogP contribution in [0.5, 0.6) is 5.75 Å². The van der Waals surface area contributed by atoms with Crippen LogP contribution in [-0.2, 0) is 0 Å². The van der Waals surface area contributed by atoms with E-state index in [0.717, 1.165) is 62.3 Å². The number of nitrogens with zero attached hydrogens (tertiary/aromatic N) is 3. The molecule has 5 aromatic rings. The summed E-state index contributed by atoms with van der Waals surface area (Å²) in [6.45, 7) is 2.18. The van der Waals surface area contributed by atoms with Crippen LogP contribution < -0.4 is 4.74 Å². The number of benzene rings is 3. The fraction of sp³-hybridized carbons (Fsp3) is 0.154. The van der Waals surface area contributed by atoms with Crippen LogP contribution >= 0.6 is 11.8 Å². The van der Waals surface area contributed by atoms with Gasteiger partial charge in [-0.1, -0.05) is 67.2 Å². The van der Waals surface area contributed by atoms with Crippen molar-refractivity contribution in [3.63, 3.8) is 0 Å². The molecule has 0 saturated carbocycles. The third-order valence-corrected chi connectivity index (χ3v) is 6.51. The lowest BCUT2D eigenvalue weighted by Crippen LogP contribution is -2.00. The smallest absolute Gasteiger partial charge is 0.196 e. The normalized spacial score (nSPS) is 11.2. The van der Waals surface area contributed by atoms with Gasteiger partial charge in [0.1, 0.15) is 5.75 Å². The van der Waals surface area contributed by atoms with Gasteiger partial charge in [0.2, 0.25) is 0 Å². The van der Waals surface area contributed by atoms with Crippen molar-refractivity contribution in [3.8, 4) is 34.1 Å². The summed E-state index contributed by atoms with van der Waals surface area (Å²) in [5.41, 5.74) is 5.23. The number of H-pyrrole nitrogens is 1. The highest BCUT2D eigenvalue weighted by molar-refractivity contribution is 7.99. The maximum Gasteiger partial charge on any atom is 0.196 e. The molecule has 5 nitrogen and oxygen atoms in total. The quantitative estimate of drug-likeness (QED) is 0.290. The first-order chi connectivity index (χ1) is 15.8. The first-order valence-electron chi connectivity index (χ1n) is 10.7. The van der Waals surface area contributed by atoms with Gasteiger partial charge >= 0.3 is 0 Å². The van der Waals surface area contributed by atoms with Crippen LogP contribution in [0.1, 0.15) is 13.3 Å². The molecule has 2 aromatic heterocycles. The highest BCUT2D eigenvalue weighted by Gasteiger charge is 2.23. The number of fused-ring (bicyclic) bond motifs is 1. The molecule has 0 aliphatic carbocycles. The predicted octanol–water partition coefficient (Wildman–Crippen LogP) is 6.59. The molecular weight excluding hydrogens is 416 g/mol. The third-order valence-electron chi connectivity index (χ3n) is 5.37. The molecule has 6 heteroatoms. The minimum atomic E-state index is 0.795. The molecule has 0 spiro atoms. The van der Waals surface area contributed by atoms with Crippen molar-refractivity contribution in [1.29, 1.82) is 0 Å². The van der Waals surface area contributed by atoms with Gasteiger partial charge in [0, 0.05) is 27.9 Å². The second kappa shape index (κ2) is 8.93. The van der Waals surface area contributed by atoms with Crippen LogP contribution in [0.3, 0.4) is 0 Å². The standard InChI is InChI=1S/C26H24N4OS/c1-3-16-32-26-29-28-25(30(26)19-12-8-5-9-13-19)24-23(18-10-6-4-7-11-18)21-17-20(31-2)14-15-22(21)27-24/h4-15,17,27H,3,16H2,1-2H3. The Morgan fingerprint density at radius 1 is 0.938 bits per heavy atom. The summed E-state index contributed by atoms with van der Waals surface area (Å²) in [6, 6.07) is 26.8. The Kier molecular flexibility index (Phi) is 5.69. The van der Waals surface area contributed by atoms with E-state index in [1.165, 1.54) is 0 Å². The summed E-state index contributed by atoms with van der Waals surface area (Å²) < 4.78 is 7.67. The molecule has 0 bridgehead atoms. The minimum Gasteiger partial charge on any atom is -0.497 e. The average Bonchev–Trinajstić information content (AvgIpc) is 3.44. The number of hydrogen-bond acceptors (Lipinski definition) is 4. The summed E-state index contributed by atoms with van der Waals surface area (Å²) in [6.07, 6.45) is 1.07. The monoisotopic (exact) mass is 440 g/mol. The molecule has 0 atom stereocenters. The molecule has 160 valence electrons. The number of aromatic amines is 1. The van der Waals surface area contributed by atoms with Crippen molar-refractivity contribution >= 4 is 22.7 Å². The van der Waals surface area contributed by atoms with Gasteiger partial charge in [-0.2, -0.15) is 0 Å². The maximum absolute atomic E-state index is 5.52. The molecule has 1 N–H and O–H groups in total. The van der Waals surface area contributed by atoms with E-state index < -0.39 is 0 Å². The van der Waals surface area contributed by atoms with Crippen LogP contribution in [-0.4, -0.2) is 32.6 Å². The fourth-order valence-electron chi connectivity index (χ4n) is 3.90. The van der Waals surface area contributed by atoms with E-state index in [-0.39, 0.29) is 0 Å². The number of aromatic nitrogens is 4. The number of ether oxygens (including phenoxy) is 1. The molecule has 0 fully saturated rings. The van der Waals surface area contributed by atoms with Gasteiger partial charge in [-0.25, -0.2) is 0 Å². The lowest BCUT2D eigenvalue weighted by Gasteiger charge is -2.11. The van der Waals surface area contributed by atoms with Crippen molar-refractivity contribution in [2.75, 3.05) is 12.9 Å². The number of nitrogens with one attached hydrogen (secondary N) is 1. The van der Waals surface area contributed by atoms with Gasteiger partial charge in [0.25, 0.3) is 0 Å². The first kappa shape index (κ1) is 20.4. The van der Waals surface area contributed by atoms with Crippen molar-refractivity contribution < 1.29 is 4.74 Å². The Morgan fingerprint density at radius 2 is 1.69 bits per heavy atom. The summed E-state index contributed by atoms with van der Waals surface area (Å²) in [5.74, 6) is 2.60. The molecule has 0 aliphatic heterocycles. The third kappa shape index (κ3) is 3.67. The molecular formula is C26H24N4OS. The number of methoxy groups -OCH3 is 1. The SMILES string of the molecule is CCCSc1nnc(-c2[nH]c3ccc(OC)cc3c2-c2ccccc2)n1-c1ccccc1. The highest BCUT2D eigenvalue weighted by Crippen LogP contribution is 2.40. The number of rotatable bonds is 7. The Bertz CT molecular complexity index is 1340. The summed E-state index contributed by atoms with van der Waals surface area (Å²) >= 11 is 1.73. The van der Waals surface area contributed by atoms with Gasteiger partial charge in [-0.15, -0.1) is 10.2 Å². The van der Waals surface area contributed by atoms with Crippen LogP contribution in [0.4, 0.5) is 0 Å². The van der Waals surface area contributed by atoms with Crippen LogP contribution in [0.15, 0.2) is 84.0 Å². The van der Waals surface area contributed by atoms with Crippen molar-refractivity contribution in [3.05, 3.63) is 78.9 Å². The van der Waals surface area contributed by atoms with E-state index in [1.54, 1.807) is 18.9 Å². The first-order valence-corrected chi connectivity index (χ1v) is 11.7. The van der Waals surface area contributed by atoms with Crippen molar-refractivity contribution in [1.82, 2.24) is 19.7 Å². The Morgan fingerprint density at radius 3 is 2.41 bits per heavy atom. The molecule has 3 aromatic carbocycles. The van der Waals surface area contributed by atoms with Crippen LogP contribution in [0.25, 0.3) is 39.2 Å². The molecule has 2 heterocycles. The summed E-state index contributed by atoms with van der Waals surface area (Å²) in [7, 11) is 1.69. The van der Waals surface area contributed by atoms with E-state index >= 15 is 0 Å². The van der Waals surface area contributed by atoms with Gasteiger partial charge in [-0.05, 0) is 42.3 Å². The van der Waals surface area contributed by atoms with Crippen molar-refractivity contribution in [2.24, 2.45) is 0 Å². The van der Waals surface area contributed by atoms with Crippen LogP contribution in [0, 0.1) is 0 Å². The van der Waals surface area contributed by atoms with Gasteiger partial charge < -0.3 is 9.72 Å². The van der Waals surface area contributed by atoms with Gasteiger partial charge in [0.15, 0.2) is 11.0 Å². The number of thioether (sulfide) groups is 1. The zero-order valence-electron chi connectivity index (χ0n) is 18.1. The van der Waals surface area contributed by atoms with Gasteiger partial charge in [-0.3, -0.25) is 4.57 Å². The zero-order valence-corrected chi connectivity index (χ0v) is 18.9. The average molecular weight is 441 g/mol. The van der Waals surface area contributed by atoms with E-state index in [1.807, 2.05) is 30.3 Å². The zero-order chi connectivity index (χ0) is 21.9. The van der Waals surface area contributed by atoms with Crippen molar-refractivity contribution in [2.45, 2.75) is 18.5 Å². The maximum atomic E-state index is 5.52. The Labute approximate surface area is 191 Å². The highest BCUT2D eigenvalue weighted by atomic mass is 32.2. The fourth-order valence-corrected chi connectivity index (χ4v) is 4.71. The lowest BCUT2D eigenvalue weighted by atomic mass is 10.0. The molecule has 0 amide bonds. The van der Waals surface area contributed by atoms with Gasteiger partial charge in [0.05, 0.1) is 12.8 Å². The summed E-state index contributed by atoms with van der Waals surface area (Å²) in [4.78, 5) is 3.62. The molecule has 0 radical (unpaired) electrons. The second-order valence-corrected chi connectivity index (χ2v) is 8.54. The van der Waals surface area contributed by atoms with E-state index in [2.05, 4.69) is 75.2 Å². The molecule has 5 rings (SSSR count). The largest absolute Gasteiger partial charge is 0.497 e. The number of para-hydroxylation sites is 1. The minimum absolute atomic E-state index is 0.795. The van der Waals surface area contributed by atoms with E-state index in [4.69, 9.17) is 4.74 Å². The van der Waals surface area contributed by atoms with Crippen LogP contribution in [0.2, 0.25) is 0 Å². The molecule has 0 unspecified atom stereocenters. The molecule has 32 heavy (non-hydrogen) atoms.